The fourth-order valence-corrected chi connectivity index (χ4v) is 1.73. The first-order valence-corrected chi connectivity index (χ1v) is 5.24. The van der Waals surface area contributed by atoms with Crippen molar-refractivity contribution in [3.05, 3.63) is 39.8 Å². The first kappa shape index (κ1) is 12.1. The van der Waals surface area contributed by atoms with Gasteiger partial charge in [-0.25, -0.2) is 13.2 Å². The monoisotopic (exact) mass is 307 g/mol. The van der Waals surface area contributed by atoms with Gasteiger partial charge in [-0.1, -0.05) is 5.16 Å². The van der Waals surface area contributed by atoms with Crippen molar-refractivity contribution in [2.45, 2.75) is 6.61 Å². The van der Waals surface area contributed by atoms with Crippen LogP contribution in [0.15, 0.2) is 21.3 Å². The Bertz CT molecular complexity index is 571. The van der Waals surface area contributed by atoms with E-state index in [2.05, 4.69) is 25.6 Å². The molecule has 0 saturated carbocycles. The Kier molecular flexibility index (Phi) is 3.21. The fraction of sp³-hybridized carbons (Fsp3) is 0.100. The molecule has 0 aliphatic carbocycles. The highest BCUT2D eigenvalue weighted by Gasteiger charge is 2.21. The molecule has 7 heteroatoms. The summed E-state index contributed by atoms with van der Waals surface area (Å²) in [7, 11) is 0. The summed E-state index contributed by atoms with van der Waals surface area (Å²) in [6.07, 6.45) is 0. The lowest BCUT2D eigenvalue weighted by Gasteiger charge is -2.02. The van der Waals surface area contributed by atoms with Crippen LogP contribution in [0.2, 0.25) is 0 Å². The van der Waals surface area contributed by atoms with Crippen molar-refractivity contribution in [1.82, 2.24) is 5.16 Å². The van der Waals surface area contributed by atoms with Crippen molar-refractivity contribution < 1.29 is 22.8 Å². The highest BCUT2D eigenvalue weighted by Crippen LogP contribution is 2.31. The van der Waals surface area contributed by atoms with E-state index in [1.54, 1.807) is 0 Å². The number of aliphatic hydroxyl groups is 1. The van der Waals surface area contributed by atoms with Crippen molar-refractivity contribution in [1.29, 1.82) is 0 Å². The lowest BCUT2D eigenvalue weighted by atomic mass is 10.1. The Labute approximate surface area is 102 Å². The SMILES string of the molecule is OCc1c(-c2ccc(F)c(F)c2F)noc1Br. The molecule has 0 aliphatic rings. The van der Waals surface area contributed by atoms with Gasteiger partial charge in [-0.2, -0.15) is 0 Å². The van der Waals surface area contributed by atoms with Gasteiger partial charge in [0.15, 0.2) is 17.5 Å². The smallest absolute Gasteiger partial charge is 0.208 e. The van der Waals surface area contributed by atoms with E-state index < -0.39 is 24.1 Å². The van der Waals surface area contributed by atoms with E-state index in [9.17, 15) is 13.2 Å². The van der Waals surface area contributed by atoms with Crippen LogP contribution in [0.5, 0.6) is 0 Å². The maximum Gasteiger partial charge on any atom is 0.208 e. The second-order valence-corrected chi connectivity index (χ2v) is 3.88. The molecular formula is C10H5BrF3NO2. The van der Waals surface area contributed by atoms with Crippen molar-refractivity contribution in [2.75, 3.05) is 0 Å². The zero-order chi connectivity index (χ0) is 12.6. The first-order chi connectivity index (χ1) is 8.06. The van der Waals surface area contributed by atoms with Gasteiger partial charge in [-0.05, 0) is 28.1 Å². The predicted molar refractivity (Wildman–Crippen MR) is 55.4 cm³/mol. The molecule has 0 unspecified atom stereocenters. The van der Waals surface area contributed by atoms with E-state index in [1.807, 2.05) is 0 Å². The number of hydrogen-bond donors (Lipinski definition) is 1. The normalized spacial score (nSPS) is 10.9. The fourth-order valence-electron chi connectivity index (χ4n) is 1.35. The van der Waals surface area contributed by atoms with Crippen LogP contribution in [-0.4, -0.2) is 10.3 Å². The molecule has 2 aromatic rings. The van der Waals surface area contributed by atoms with Gasteiger partial charge in [0.2, 0.25) is 4.67 Å². The molecule has 0 radical (unpaired) electrons. The molecule has 0 amide bonds. The minimum atomic E-state index is -1.59. The highest BCUT2D eigenvalue weighted by atomic mass is 79.9. The van der Waals surface area contributed by atoms with E-state index in [1.165, 1.54) is 0 Å². The molecule has 0 bridgehead atoms. The van der Waals surface area contributed by atoms with Crippen molar-refractivity contribution in [3.63, 3.8) is 0 Å². The Hall–Kier alpha value is -1.34. The molecule has 0 fully saturated rings. The van der Waals surface area contributed by atoms with Gasteiger partial charge in [-0.15, -0.1) is 0 Å². The highest BCUT2D eigenvalue weighted by molar-refractivity contribution is 9.10. The summed E-state index contributed by atoms with van der Waals surface area (Å²) < 4.78 is 44.1. The summed E-state index contributed by atoms with van der Waals surface area (Å²) in [5, 5.41) is 12.5. The summed E-state index contributed by atoms with van der Waals surface area (Å²) in [6.45, 7) is -0.474. The molecule has 2 rings (SSSR count). The topological polar surface area (TPSA) is 46.3 Å². The zero-order valence-electron chi connectivity index (χ0n) is 8.18. The minimum Gasteiger partial charge on any atom is -0.391 e. The number of hydrogen-bond acceptors (Lipinski definition) is 3. The van der Waals surface area contributed by atoms with Crippen LogP contribution in [0.4, 0.5) is 13.2 Å². The van der Waals surface area contributed by atoms with Gasteiger partial charge >= 0.3 is 0 Å². The number of benzene rings is 1. The van der Waals surface area contributed by atoms with Crippen LogP contribution >= 0.6 is 15.9 Å². The third-order valence-corrected chi connectivity index (χ3v) is 2.81. The van der Waals surface area contributed by atoms with Gasteiger partial charge in [0.05, 0.1) is 12.2 Å². The van der Waals surface area contributed by atoms with Crippen LogP contribution in [0.3, 0.4) is 0 Å². The summed E-state index contributed by atoms with van der Waals surface area (Å²) in [6, 6.07) is 1.80. The van der Waals surface area contributed by atoms with Crippen molar-refractivity contribution in [2.24, 2.45) is 0 Å². The molecule has 90 valence electrons. The number of rotatable bonds is 2. The largest absolute Gasteiger partial charge is 0.391 e. The molecule has 1 aromatic carbocycles. The molecule has 0 aliphatic heterocycles. The summed E-state index contributed by atoms with van der Waals surface area (Å²) >= 11 is 2.95. The molecule has 1 aromatic heterocycles. The average molecular weight is 308 g/mol. The Balaban J connectivity index is 2.65. The van der Waals surface area contributed by atoms with Gasteiger partial charge in [0, 0.05) is 5.56 Å². The third-order valence-electron chi connectivity index (χ3n) is 2.19. The molecule has 0 spiro atoms. The molecular weight excluding hydrogens is 303 g/mol. The van der Waals surface area contributed by atoms with Crippen LogP contribution in [0.1, 0.15) is 5.56 Å². The minimum absolute atomic E-state index is 0.0734. The summed E-state index contributed by atoms with van der Waals surface area (Å²) in [5.41, 5.74) is -0.187. The van der Waals surface area contributed by atoms with Crippen LogP contribution in [0.25, 0.3) is 11.3 Å². The van der Waals surface area contributed by atoms with Gasteiger partial charge in [0.1, 0.15) is 5.69 Å². The maximum absolute atomic E-state index is 13.5. The molecule has 17 heavy (non-hydrogen) atoms. The standard InChI is InChI=1S/C10H5BrF3NO2/c11-10-5(3-16)9(15-17-10)4-1-2-6(12)8(14)7(4)13/h1-2,16H,3H2. The number of aliphatic hydroxyl groups excluding tert-OH is 1. The molecule has 3 nitrogen and oxygen atoms in total. The Morgan fingerprint density at radius 3 is 2.59 bits per heavy atom. The predicted octanol–water partition coefficient (Wildman–Crippen LogP) is 3.01. The second kappa shape index (κ2) is 4.50. The van der Waals surface area contributed by atoms with Crippen LogP contribution in [-0.2, 0) is 6.61 Å². The van der Waals surface area contributed by atoms with E-state index in [0.29, 0.717) is 0 Å². The van der Waals surface area contributed by atoms with Gasteiger partial charge in [0.25, 0.3) is 0 Å². The van der Waals surface area contributed by atoms with Crippen LogP contribution < -0.4 is 0 Å². The average Bonchev–Trinajstić information content (AvgIpc) is 2.67. The third kappa shape index (κ3) is 1.96. The lowest BCUT2D eigenvalue weighted by Crippen LogP contribution is -1.96. The maximum atomic E-state index is 13.5. The summed E-state index contributed by atoms with van der Waals surface area (Å²) in [4.78, 5) is 0. The number of halogens is 4. The quantitative estimate of drug-likeness (QED) is 0.868. The van der Waals surface area contributed by atoms with Crippen LogP contribution in [0, 0.1) is 17.5 Å². The van der Waals surface area contributed by atoms with Crippen molar-refractivity contribution in [3.8, 4) is 11.3 Å². The summed E-state index contributed by atoms with van der Waals surface area (Å²) in [5.74, 6) is -4.26. The Morgan fingerprint density at radius 2 is 1.94 bits per heavy atom. The number of aromatic nitrogens is 1. The van der Waals surface area contributed by atoms with E-state index in [4.69, 9.17) is 5.11 Å². The zero-order valence-corrected chi connectivity index (χ0v) is 9.76. The lowest BCUT2D eigenvalue weighted by molar-refractivity contribution is 0.278. The molecule has 0 atom stereocenters. The van der Waals surface area contributed by atoms with E-state index in [-0.39, 0.29) is 21.5 Å². The van der Waals surface area contributed by atoms with E-state index in [0.717, 1.165) is 12.1 Å². The first-order valence-electron chi connectivity index (χ1n) is 4.45. The number of nitrogens with zero attached hydrogens (tertiary/aromatic N) is 1. The second-order valence-electron chi connectivity index (χ2n) is 3.16. The Morgan fingerprint density at radius 1 is 1.24 bits per heavy atom. The van der Waals surface area contributed by atoms with Crippen molar-refractivity contribution >= 4 is 15.9 Å². The van der Waals surface area contributed by atoms with Gasteiger partial charge in [-0.3, -0.25) is 0 Å². The van der Waals surface area contributed by atoms with E-state index >= 15 is 0 Å². The molecule has 0 saturated heterocycles. The molecule has 1 heterocycles. The molecule has 1 N–H and O–H groups in total. The van der Waals surface area contributed by atoms with Gasteiger partial charge < -0.3 is 9.63 Å².